The zero-order valence-corrected chi connectivity index (χ0v) is 17.1. The van der Waals surface area contributed by atoms with Gasteiger partial charge < -0.3 is 24.4 Å². The fraction of sp³-hybridized carbons (Fsp3) is 0.300. The Morgan fingerprint density at radius 1 is 1.13 bits per heavy atom. The maximum absolute atomic E-state index is 12.8. The number of anilines is 1. The summed E-state index contributed by atoms with van der Waals surface area (Å²) in [4.78, 5) is 37.0. The van der Waals surface area contributed by atoms with Gasteiger partial charge in [-0.05, 0) is 19.1 Å². The SMILES string of the molecule is CCOc1cc(C(=O)N(C)CC(=O)Nc2cccc(OC)c2)c([N+](=O)[O-])cc1OC. The Kier molecular flexibility index (Phi) is 7.56. The van der Waals surface area contributed by atoms with Gasteiger partial charge in [0.25, 0.3) is 11.6 Å². The zero-order valence-electron chi connectivity index (χ0n) is 17.1. The molecule has 0 atom stereocenters. The first-order valence-corrected chi connectivity index (χ1v) is 8.99. The summed E-state index contributed by atoms with van der Waals surface area (Å²) in [6.45, 7) is 1.70. The maximum Gasteiger partial charge on any atom is 0.286 e. The van der Waals surface area contributed by atoms with E-state index < -0.39 is 22.4 Å². The highest BCUT2D eigenvalue weighted by atomic mass is 16.6. The zero-order chi connectivity index (χ0) is 22.3. The molecule has 160 valence electrons. The van der Waals surface area contributed by atoms with Crippen molar-refractivity contribution >= 4 is 23.2 Å². The van der Waals surface area contributed by atoms with Crippen LogP contribution in [0.4, 0.5) is 11.4 Å². The molecule has 0 unspecified atom stereocenters. The summed E-state index contributed by atoms with van der Waals surface area (Å²) in [5.41, 5.74) is -0.157. The van der Waals surface area contributed by atoms with Gasteiger partial charge in [0.15, 0.2) is 11.5 Å². The molecule has 0 spiro atoms. The topological polar surface area (TPSA) is 120 Å². The number of methoxy groups -OCH3 is 2. The fourth-order valence-electron chi connectivity index (χ4n) is 2.69. The Balaban J connectivity index is 2.22. The quantitative estimate of drug-likeness (QED) is 0.492. The third-order valence-corrected chi connectivity index (χ3v) is 4.09. The van der Waals surface area contributed by atoms with Crippen LogP contribution in [0.15, 0.2) is 36.4 Å². The number of carbonyl (C=O) groups is 2. The van der Waals surface area contributed by atoms with Crippen LogP contribution in [0, 0.1) is 10.1 Å². The first-order chi connectivity index (χ1) is 14.3. The third-order valence-electron chi connectivity index (χ3n) is 4.09. The van der Waals surface area contributed by atoms with Gasteiger partial charge in [-0.15, -0.1) is 0 Å². The number of likely N-dealkylation sites (N-methyl/N-ethyl adjacent to an activating group) is 1. The van der Waals surface area contributed by atoms with Crippen LogP contribution in [0.25, 0.3) is 0 Å². The van der Waals surface area contributed by atoms with Gasteiger partial charge in [-0.3, -0.25) is 19.7 Å². The summed E-state index contributed by atoms with van der Waals surface area (Å²) in [5, 5.41) is 14.1. The van der Waals surface area contributed by atoms with Crippen LogP contribution in [0.2, 0.25) is 0 Å². The first kappa shape index (κ1) is 22.5. The van der Waals surface area contributed by atoms with E-state index >= 15 is 0 Å². The lowest BCUT2D eigenvalue weighted by atomic mass is 10.1. The van der Waals surface area contributed by atoms with Crippen LogP contribution >= 0.6 is 0 Å². The lowest BCUT2D eigenvalue weighted by Gasteiger charge is -2.18. The Hall–Kier alpha value is -3.82. The minimum atomic E-state index is -0.703. The van der Waals surface area contributed by atoms with Crippen molar-refractivity contribution in [3.8, 4) is 17.2 Å². The van der Waals surface area contributed by atoms with Crippen LogP contribution in [0.1, 0.15) is 17.3 Å². The number of rotatable bonds is 9. The molecule has 0 aliphatic rings. The number of nitro groups is 1. The number of carbonyl (C=O) groups excluding carboxylic acids is 2. The number of nitrogens with one attached hydrogen (secondary N) is 1. The van der Waals surface area contributed by atoms with Crippen LogP contribution in [0.5, 0.6) is 17.2 Å². The van der Waals surface area contributed by atoms with Gasteiger partial charge in [0, 0.05) is 24.9 Å². The molecule has 0 aromatic heterocycles. The van der Waals surface area contributed by atoms with Crippen molar-refractivity contribution in [2.75, 3.05) is 39.7 Å². The Bertz CT molecular complexity index is 946. The summed E-state index contributed by atoms with van der Waals surface area (Å²) in [7, 11) is 4.23. The number of nitro benzene ring substituents is 1. The summed E-state index contributed by atoms with van der Waals surface area (Å²) in [6, 6.07) is 9.11. The Labute approximate surface area is 173 Å². The van der Waals surface area contributed by atoms with Gasteiger partial charge in [-0.1, -0.05) is 6.07 Å². The molecule has 0 aliphatic heterocycles. The van der Waals surface area contributed by atoms with E-state index in [1.807, 2.05) is 0 Å². The molecule has 2 rings (SSSR count). The van der Waals surface area contributed by atoms with Crippen LogP contribution in [0.3, 0.4) is 0 Å². The van der Waals surface area contributed by atoms with Crippen molar-refractivity contribution in [3.63, 3.8) is 0 Å². The summed E-state index contributed by atoms with van der Waals surface area (Å²) in [6.07, 6.45) is 0. The summed E-state index contributed by atoms with van der Waals surface area (Å²) >= 11 is 0. The molecule has 30 heavy (non-hydrogen) atoms. The minimum absolute atomic E-state index is 0.138. The standard InChI is InChI=1S/C20H23N3O7/c1-5-30-18-10-15(16(23(26)27)11-17(18)29-4)20(25)22(2)12-19(24)21-13-7-6-8-14(9-13)28-3/h6-11H,5,12H2,1-4H3,(H,21,24). The van der Waals surface area contributed by atoms with Gasteiger partial charge in [-0.25, -0.2) is 0 Å². The van der Waals surface area contributed by atoms with Crippen molar-refractivity contribution in [2.24, 2.45) is 0 Å². The normalized spacial score (nSPS) is 10.1. The Morgan fingerprint density at radius 3 is 2.47 bits per heavy atom. The number of amides is 2. The summed E-state index contributed by atoms with van der Waals surface area (Å²) < 4.78 is 15.6. The monoisotopic (exact) mass is 417 g/mol. The lowest BCUT2D eigenvalue weighted by molar-refractivity contribution is -0.385. The van der Waals surface area contributed by atoms with E-state index in [4.69, 9.17) is 14.2 Å². The van der Waals surface area contributed by atoms with Crippen molar-refractivity contribution in [1.82, 2.24) is 4.90 Å². The van der Waals surface area contributed by atoms with Gasteiger partial charge >= 0.3 is 0 Å². The molecule has 1 N–H and O–H groups in total. The predicted octanol–water partition coefficient (Wildman–Crippen LogP) is 2.72. The average Bonchev–Trinajstić information content (AvgIpc) is 2.72. The molecule has 0 saturated carbocycles. The largest absolute Gasteiger partial charge is 0.497 e. The van der Waals surface area contributed by atoms with Crippen molar-refractivity contribution in [1.29, 1.82) is 0 Å². The molecule has 0 bridgehead atoms. The van der Waals surface area contributed by atoms with Gasteiger partial charge in [-0.2, -0.15) is 0 Å². The van der Waals surface area contributed by atoms with E-state index in [2.05, 4.69) is 5.32 Å². The van der Waals surface area contributed by atoms with Crippen molar-refractivity contribution in [3.05, 3.63) is 52.1 Å². The lowest BCUT2D eigenvalue weighted by Crippen LogP contribution is -2.35. The van der Waals surface area contributed by atoms with Crippen LogP contribution in [-0.2, 0) is 4.79 Å². The van der Waals surface area contributed by atoms with Crippen LogP contribution < -0.4 is 19.5 Å². The molecule has 0 fully saturated rings. The van der Waals surface area contributed by atoms with Gasteiger partial charge in [0.05, 0.1) is 38.4 Å². The number of ether oxygens (including phenoxy) is 3. The molecule has 2 aromatic carbocycles. The van der Waals surface area contributed by atoms with E-state index in [1.54, 1.807) is 31.2 Å². The maximum atomic E-state index is 12.8. The van der Waals surface area contributed by atoms with Crippen molar-refractivity contribution in [2.45, 2.75) is 6.92 Å². The Morgan fingerprint density at radius 2 is 1.87 bits per heavy atom. The number of nitrogens with zero attached hydrogens (tertiary/aromatic N) is 2. The highest BCUT2D eigenvalue weighted by molar-refractivity contribution is 6.02. The molecule has 0 aliphatic carbocycles. The van der Waals surface area contributed by atoms with E-state index in [9.17, 15) is 19.7 Å². The molecule has 0 radical (unpaired) electrons. The van der Waals surface area contributed by atoms with E-state index in [0.717, 1.165) is 11.0 Å². The smallest absolute Gasteiger partial charge is 0.286 e. The van der Waals surface area contributed by atoms with E-state index in [1.165, 1.54) is 27.3 Å². The van der Waals surface area contributed by atoms with Gasteiger partial charge in [0.1, 0.15) is 11.3 Å². The molecular formula is C20H23N3O7. The first-order valence-electron chi connectivity index (χ1n) is 8.99. The van der Waals surface area contributed by atoms with E-state index in [0.29, 0.717) is 11.4 Å². The highest BCUT2D eigenvalue weighted by Crippen LogP contribution is 2.35. The van der Waals surface area contributed by atoms with Crippen LogP contribution in [-0.4, -0.2) is 56.1 Å². The molecule has 2 amide bonds. The molecule has 2 aromatic rings. The molecule has 10 heteroatoms. The number of benzene rings is 2. The predicted molar refractivity (Wildman–Crippen MR) is 109 cm³/mol. The molecule has 0 saturated heterocycles. The van der Waals surface area contributed by atoms with Crippen molar-refractivity contribution < 1.29 is 28.7 Å². The fourth-order valence-corrected chi connectivity index (χ4v) is 2.69. The average molecular weight is 417 g/mol. The number of hydrogen-bond donors (Lipinski definition) is 1. The second-order valence-electron chi connectivity index (χ2n) is 6.15. The third kappa shape index (κ3) is 5.37. The molecular weight excluding hydrogens is 394 g/mol. The summed E-state index contributed by atoms with van der Waals surface area (Å²) in [5.74, 6) is -0.275. The van der Waals surface area contributed by atoms with E-state index in [-0.39, 0.29) is 30.2 Å². The number of hydrogen-bond acceptors (Lipinski definition) is 7. The second-order valence-corrected chi connectivity index (χ2v) is 6.15. The highest BCUT2D eigenvalue weighted by Gasteiger charge is 2.27. The molecule has 0 heterocycles. The minimum Gasteiger partial charge on any atom is -0.497 e. The molecule has 10 nitrogen and oxygen atoms in total. The van der Waals surface area contributed by atoms with Gasteiger partial charge in [0.2, 0.25) is 5.91 Å². The second kappa shape index (κ2) is 10.1.